The molecule has 174 valence electrons. The molecular formula is C27H26N2O5. The van der Waals surface area contributed by atoms with Gasteiger partial charge in [-0.15, -0.1) is 0 Å². The molecule has 0 radical (unpaired) electrons. The van der Waals surface area contributed by atoms with E-state index in [0.29, 0.717) is 41.7 Å². The SMILES string of the molecule is COc1cccc(OCCOc2ccc(C=C3C(=O)N(c4ccccc4)N=C3C)cc2OC)c1. The van der Waals surface area contributed by atoms with Crippen LogP contribution in [0.1, 0.15) is 12.5 Å². The topological polar surface area (TPSA) is 69.6 Å². The van der Waals surface area contributed by atoms with Gasteiger partial charge in [-0.25, -0.2) is 0 Å². The van der Waals surface area contributed by atoms with Crippen molar-refractivity contribution in [2.24, 2.45) is 5.10 Å². The fourth-order valence-corrected chi connectivity index (χ4v) is 3.49. The maximum Gasteiger partial charge on any atom is 0.280 e. The summed E-state index contributed by atoms with van der Waals surface area (Å²) in [5.41, 5.74) is 2.73. The molecule has 0 aromatic heterocycles. The molecule has 0 spiro atoms. The van der Waals surface area contributed by atoms with E-state index >= 15 is 0 Å². The van der Waals surface area contributed by atoms with Gasteiger partial charge in [0.1, 0.15) is 24.7 Å². The van der Waals surface area contributed by atoms with Crippen molar-refractivity contribution in [3.8, 4) is 23.0 Å². The van der Waals surface area contributed by atoms with Crippen LogP contribution < -0.4 is 24.0 Å². The summed E-state index contributed by atoms with van der Waals surface area (Å²) in [6, 6.07) is 22.3. The van der Waals surface area contributed by atoms with E-state index in [9.17, 15) is 4.79 Å². The maximum absolute atomic E-state index is 12.9. The molecule has 1 aliphatic heterocycles. The number of hydrogen-bond acceptors (Lipinski definition) is 6. The zero-order chi connectivity index (χ0) is 23.9. The zero-order valence-corrected chi connectivity index (χ0v) is 19.4. The average molecular weight is 459 g/mol. The van der Waals surface area contributed by atoms with Gasteiger partial charge in [-0.2, -0.15) is 10.1 Å². The van der Waals surface area contributed by atoms with Crippen LogP contribution in [0.25, 0.3) is 6.08 Å². The van der Waals surface area contributed by atoms with E-state index in [2.05, 4.69) is 5.10 Å². The van der Waals surface area contributed by atoms with Crippen LogP contribution in [-0.4, -0.2) is 39.1 Å². The van der Waals surface area contributed by atoms with E-state index in [0.717, 1.165) is 17.0 Å². The molecule has 0 fully saturated rings. The van der Waals surface area contributed by atoms with Crippen molar-refractivity contribution in [1.29, 1.82) is 0 Å². The molecule has 0 bridgehead atoms. The van der Waals surface area contributed by atoms with E-state index < -0.39 is 0 Å². The third-order valence-corrected chi connectivity index (χ3v) is 5.21. The van der Waals surface area contributed by atoms with Crippen molar-refractivity contribution >= 4 is 23.4 Å². The fraction of sp³-hybridized carbons (Fsp3) is 0.185. The van der Waals surface area contributed by atoms with Crippen molar-refractivity contribution in [3.05, 3.63) is 83.9 Å². The molecule has 1 heterocycles. The number of amides is 1. The lowest BCUT2D eigenvalue weighted by molar-refractivity contribution is -0.114. The molecule has 3 aromatic rings. The Bertz CT molecular complexity index is 1220. The third-order valence-electron chi connectivity index (χ3n) is 5.21. The molecular weight excluding hydrogens is 432 g/mol. The van der Waals surface area contributed by atoms with Crippen LogP contribution in [-0.2, 0) is 4.79 Å². The number of benzene rings is 3. The summed E-state index contributed by atoms with van der Waals surface area (Å²) in [5, 5.41) is 5.83. The minimum absolute atomic E-state index is 0.169. The maximum atomic E-state index is 12.9. The minimum atomic E-state index is -0.169. The molecule has 3 aromatic carbocycles. The monoisotopic (exact) mass is 458 g/mol. The second-order valence-electron chi connectivity index (χ2n) is 7.48. The number of carbonyl (C=O) groups is 1. The smallest absolute Gasteiger partial charge is 0.280 e. The van der Waals surface area contributed by atoms with E-state index in [1.165, 1.54) is 5.01 Å². The first kappa shape index (κ1) is 22.9. The number of ether oxygens (including phenoxy) is 4. The first-order valence-electron chi connectivity index (χ1n) is 10.8. The average Bonchev–Trinajstić information content (AvgIpc) is 3.16. The van der Waals surface area contributed by atoms with Crippen LogP contribution in [0.4, 0.5) is 5.69 Å². The third kappa shape index (κ3) is 5.20. The van der Waals surface area contributed by atoms with E-state index in [-0.39, 0.29) is 5.91 Å². The quantitative estimate of drug-likeness (QED) is 0.335. The Morgan fingerprint density at radius 1 is 0.824 bits per heavy atom. The first-order chi connectivity index (χ1) is 16.6. The largest absolute Gasteiger partial charge is 0.497 e. The fourth-order valence-electron chi connectivity index (χ4n) is 3.49. The van der Waals surface area contributed by atoms with Gasteiger partial charge in [0, 0.05) is 6.07 Å². The van der Waals surface area contributed by atoms with Crippen molar-refractivity contribution < 1.29 is 23.7 Å². The Hall–Kier alpha value is -4.26. The van der Waals surface area contributed by atoms with Crippen LogP contribution in [0, 0.1) is 0 Å². The Morgan fingerprint density at radius 2 is 1.59 bits per heavy atom. The Kier molecular flexibility index (Phi) is 7.13. The molecule has 1 amide bonds. The predicted octanol–water partition coefficient (Wildman–Crippen LogP) is 4.97. The standard InChI is InChI=1S/C27H26N2O5/c1-19-24(27(30)29(28-19)21-8-5-4-6-9-21)16-20-12-13-25(26(17-20)32-3)34-15-14-33-23-11-7-10-22(18-23)31-2/h4-13,16-18H,14-15H2,1-3H3. The molecule has 4 rings (SSSR count). The molecule has 0 aliphatic carbocycles. The summed E-state index contributed by atoms with van der Waals surface area (Å²) in [6.45, 7) is 2.52. The van der Waals surface area contributed by atoms with Gasteiger partial charge in [-0.1, -0.05) is 30.3 Å². The number of carbonyl (C=O) groups excluding carboxylic acids is 1. The molecule has 0 atom stereocenters. The van der Waals surface area contributed by atoms with Crippen molar-refractivity contribution in [3.63, 3.8) is 0 Å². The number of hydrogen-bond donors (Lipinski definition) is 0. The summed E-state index contributed by atoms with van der Waals surface area (Å²) in [6.07, 6.45) is 1.81. The number of hydrazone groups is 1. The van der Waals surface area contributed by atoms with E-state index in [1.807, 2.05) is 85.8 Å². The number of rotatable bonds is 9. The van der Waals surface area contributed by atoms with Crippen molar-refractivity contribution in [2.45, 2.75) is 6.92 Å². The number of methoxy groups -OCH3 is 2. The highest BCUT2D eigenvalue weighted by Crippen LogP contribution is 2.30. The van der Waals surface area contributed by atoms with Crippen LogP contribution in [0.3, 0.4) is 0 Å². The molecule has 0 N–H and O–H groups in total. The summed E-state index contributed by atoms with van der Waals surface area (Å²) >= 11 is 0. The van der Waals surface area contributed by atoms with Crippen LogP contribution in [0.15, 0.2) is 83.5 Å². The molecule has 0 saturated carbocycles. The summed E-state index contributed by atoms with van der Waals surface area (Å²) in [5.74, 6) is 2.43. The van der Waals surface area contributed by atoms with Crippen molar-refractivity contribution in [2.75, 3.05) is 32.4 Å². The van der Waals surface area contributed by atoms with E-state index in [4.69, 9.17) is 18.9 Å². The summed E-state index contributed by atoms with van der Waals surface area (Å²) in [4.78, 5) is 12.9. The van der Waals surface area contributed by atoms with Gasteiger partial charge in [0.2, 0.25) is 0 Å². The highest BCUT2D eigenvalue weighted by molar-refractivity contribution is 6.32. The summed E-state index contributed by atoms with van der Waals surface area (Å²) < 4.78 is 22.3. The second-order valence-corrected chi connectivity index (χ2v) is 7.48. The number of anilines is 1. The van der Waals surface area contributed by atoms with Gasteiger partial charge < -0.3 is 18.9 Å². The molecule has 7 nitrogen and oxygen atoms in total. The molecule has 1 aliphatic rings. The first-order valence-corrected chi connectivity index (χ1v) is 10.8. The van der Waals surface area contributed by atoms with Gasteiger partial charge in [-0.3, -0.25) is 4.79 Å². The summed E-state index contributed by atoms with van der Waals surface area (Å²) in [7, 11) is 3.19. The number of nitrogens with zero attached hydrogens (tertiary/aromatic N) is 2. The predicted molar refractivity (Wildman–Crippen MR) is 132 cm³/mol. The Balaban J connectivity index is 1.41. The highest BCUT2D eigenvalue weighted by atomic mass is 16.5. The van der Waals surface area contributed by atoms with Crippen LogP contribution in [0.2, 0.25) is 0 Å². The van der Waals surface area contributed by atoms with Crippen LogP contribution in [0.5, 0.6) is 23.0 Å². The zero-order valence-electron chi connectivity index (χ0n) is 19.4. The van der Waals surface area contributed by atoms with Gasteiger partial charge in [-0.05, 0) is 55.0 Å². The van der Waals surface area contributed by atoms with Gasteiger partial charge in [0.25, 0.3) is 5.91 Å². The van der Waals surface area contributed by atoms with Gasteiger partial charge in [0.15, 0.2) is 11.5 Å². The highest BCUT2D eigenvalue weighted by Gasteiger charge is 2.28. The lowest BCUT2D eigenvalue weighted by Gasteiger charge is -2.13. The van der Waals surface area contributed by atoms with Crippen LogP contribution >= 0.6 is 0 Å². The van der Waals surface area contributed by atoms with E-state index in [1.54, 1.807) is 14.2 Å². The van der Waals surface area contributed by atoms with Gasteiger partial charge in [0.05, 0.1) is 31.2 Å². The molecule has 0 saturated heterocycles. The normalized spacial score (nSPS) is 14.2. The lowest BCUT2D eigenvalue weighted by atomic mass is 10.1. The Morgan fingerprint density at radius 3 is 2.35 bits per heavy atom. The lowest BCUT2D eigenvalue weighted by Crippen LogP contribution is -2.21. The Labute approximate surface area is 198 Å². The number of para-hydroxylation sites is 1. The van der Waals surface area contributed by atoms with Gasteiger partial charge >= 0.3 is 0 Å². The second kappa shape index (κ2) is 10.6. The molecule has 34 heavy (non-hydrogen) atoms. The molecule has 0 unspecified atom stereocenters. The van der Waals surface area contributed by atoms with Crippen molar-refractivity contribution in [1.82, 2.24) is 0 Å². The molecule has 7 heteroatoms. The minimum Gasteiger partial charge on any atom is -0.497 e.